The van der Waals surface area contributed by atoms with Crippen molar-refractivity contribution in [3.8, 4) is 0 Å². The van der Waals surface area contributed by atoms with Crippen LogP contribution in [0, 0.1) is 0 Å². The third-order valence-corrected chi connectivity index (χ3v) is 6.44. The van der Waals surface area contributed by atoms with Crippen molar-refractivity contribution in [3.05, 3.63) is 95.3 Å². The average molecular weight is 461 g/mol. The molecule has 0 bridgehead atoms. The molecule has 0 saturated carbocycles. The number of alkyl halides is 3. The molecule has 1 aromatic heterocycles. The summed E-state index contributed by atoms with van der Waals surface area (Å²) < 4.78 is 43.2. The maximum atomic E-state index is 14.4. The third-order valence-electron chi connectivity index (χ3n) is 6.19. The van der Waals surface area contributed by atoms with Crippen LogP contribution in [-0.2, 0) is 5.54 Å². The molecule has 0 aliphatic carbocycles. The maximum absolute atomic E-state index is 14.4. The number of aromatic amines is 1. The Labute approximate surface area is 189 Å². The van der Waals surface area contributed by atoms with E-state index in [0.717, 1.165) is 10.9 Å². The van der Waals surface area contributed by atoms with E-state index >= 15 is 0 Å². The number of fused-ring (bicyclic) bond motifs is 1. The van der Waals surface area contributed by atoms with Gasteiger partial charge in [0.25, 0.3) is 0 Å². The average Bonchev–Trinajstić information content (AvgIpc) is 3.23. The SMILES string of the molecule is CC(CC(O)(CC1(c2cccc3[nH]ccc23)C=CC=CN1)C(F)(F)F)c1ccc(Cl)cc1. The molecule has 0 radical (unpaired) electrons. The van der Waals surface area contributed by atoms with E-state index in [1.807, 2.05) is 12.1 Å². The number of dihydropyridines is 1. The van der Waals surface area contributed by atoms with Gasteiger partial charge < -0.3 is 15.4 Å². The normalized spacial score (nSPS) is 21.3. The number of aromatic nitrogens is 1. The summed E-state index contributed by atoms with van der Waals surface area (Å²) in [5.41, 5.74) is -2.01. The Morgan fingerprint density at radius 3 is 2.47 bits per heavy atom. The van der Waals surface area contributed by atoms with Crippen LogP contribution in [0.3, 0.4) is 0 Å². The van der Waals surface area contributed by atoms with Gasteiger partial charge in [-0.05, 0) is 60.0 Å². The molecule has 32 heavy (non-hydrogen) atoms. The molecular formula is C25H24ClF3N2O. The van der Waals surface area contributed by atoms with E-state index in [2.05, 4.69) is 10.3 Å². The summed E-state index contributed by atoms with van der Waals surface area (Å²) in [7, 11) is 0. The van der Waals surface area contributed by atoms with Crippen LogP contribution in [0.5, 0.6) is 0 Å². The van der Waals surface area contributed by atoms with E-state index in [9.17, 15) is 18.3 Å². The van der Waals surface area contributed by atoms with Gasteiger partial charge in [0.05, 0.1) is 5.54 Å². The molecule has 3 aromatic rings. The van der Waals surface area contributed by atoms with Gasteiger partial charge in [0.2, 0.25) is 0 Å². The van der Waals surface area contributed by atoms with Crippen molar-refractivity contribution in [2.75, 3.05) is 0 Å². The minimum atomic E-state index is -4.83. The number of hydrogen-bond donors (Lipinski definition) is 3. The van der Waals surface area contributed by atoms with E-state index in [1.165, 1.54) is 0 Å². The fourth-order valence-electron chi connectivity index (χ4n) is 4.53. The summed E-state index contributed by atoms with van der Waals surface area (Å²) in [6, 6.07) is 14.0. The molecule has 2 aromatic carbocycles. The summed E-state index contributed by atoms with van der Waals surface area (Å²) in [5, 5.41) is 15.6. The van der Waals surface area contributed by atoms with Crippen LogP contribution in [0.1, 0.15) is 36.8 Å². The standard InChI is InChI=1S/C25H24ClF3N2O/c1-17(18-7-9-19(26)10-8-18)15-24(32,25(27,28)29)16-23(12-2-3-13-31-23)21-5-4-6-22-20(21)11-14-30-22/h2-14,17,30-32H,15-16H2,1H3. The molecule has 0 saturated heterocycles. The number of H-pyrrole nitrogens is 1. The van der Waals surface area contributed by atoms with Gasteiger partial charge >= 0.3 is 6.18 Å². The monoisotopic (exact) mass is 460 g/mol. The number of benzene rings is 2. The van der Waals surface area contributed by atoms with Gasteiger partial charge in [0, 0.05) is 28.5 Å². The first-order valence-electron chi connectivity index (χ1n) is 10.4. The van der Waals surface area contributed by atoms with Gasteiger partial charge in [-0.1, -0.05) is 54.9 Å². The van der Waals surface area contributed by atoms with Gasteiger partial charge in [-0.2, -0.15) is 13.2 Å². The topological polar surface area (TPSA) is 48.0 Å². The Balaban J connectivity index is 1.75. The molecule has 1 aliphatic rings. The van der Waals surface area contributed by atoms with E-state index in [4.69, 9.17) is 11.6 Å². The predicted octanol–water partition coefficient (Wildman–Crippen LogP) is 6.57. The van der Waals surface area contributed by atoms with Crippen LogP contribution in [0.2, 0.25) is 5.02 Å². The second kappa shape index (κ2) is 8.34. The Kier molecular flexibility index (Phi) is 5.86. The summed E-state index contributed by atoms with van der Waals surface area (Å²) in [5.74, 6) is -0.540. The fraction of sp³-hybridized carbons (Fsp3) is 0.280. The first-order valence-corrected chi connectivity index (χ1v) is 10.7. The molecule has 3 atom stereocenters. The molecule has 168 valence electrons. The zero-order valence-corrected chi connectivity index (χ0v) is 18.2. The molecule has 3 nitrogen and oxygen atoms in total. The fourth-order valence-corrected chi connectivity index (χ4v) is 4.66. The lowest BCUT2D eigenvalue weighted by Crippen LogP contribution is -2.54. The lowest BCUT2D eigenvalue weighted by atomic mass is 9.73. The van der Waals surface area contributed by atoms with Crippen molar-refractivity contribution in [2.24, 2.45) is 0 Å². The second-order valence-corrected chi connectivity index (χ2v) is 8.88. The molecule has 4 rings (SSSR count). The van der Waals surface area contributed by atoms with E-state index < -0.39 is 36.1 Å². The van der Waals surface area contributed by atoms with Gasteiger partial charge in [0.1, 0.15) is 0 Å². The van der Waals surface area contributed by atoms with Gasteiger partial charge in [0.15, 0.2) is 5.60 Å². The van der Waals surface area contributed by atoms with Crippen LogP contribution in [0.4, 0.5) is 13.2 Å². The number of allylic oxidation sites excluding steroid dienone is 2. The van der Waals surface area contributed by atoms with Crippen molar-refractivity contribution in [2.45, 2.75) is 43.0 Å². The highest BCUT2D eigenvalue weighted by Crippen LogP contribution is 2.47. The minimum Gasteiger partial charge on any atom is -0.380 e. The molecule has 2 heterocycles. The van der Waals surface area contributed by atoms with Crippen LogP contribution < -0.4 is 5.32 Å². The van der Waals surface area contributed by atoms with Gasteiger partial charge in [-0.15, -0.1) is 0 Å². The lowest BCUT2D eigenvalue weighted by molar-refractivity contribution is -0.270. The van der Waals surface area contributed by atoms with Crippen LogP contribution in [0.15, 0.2) is 79.2 Å². The Hall–Kier alpha value is -2.70. The number of nitrogens with one attached hydrogen (secondary N) is 2. The highest BCUT2D eigenvalue weighted by atomic mass is 35.5. The predicted molar refractivity (Wildman–Crippen MR) is 121 cm³/mol. The molecule has 3 unspecified atom stereocenters. The molecule has 1 aliphatic heterocycles. The lowest BCUT2D eigenvalue weighted by Gasteiger charge is -2.42. The van der Waals surface area contributed by atoms with E-state index in [-0.39, 0.29) is 0 Å². The molecule has 3 N–H and O–H groups in total. The molecule has 0 amide bonds. The van der Waals surface area contributed by atoms with E-state index in [0.29, 0.717) is 16.1 Å². The number of halogens is 4. The quantitative estimate of drug-likeness (QED) is 0.389. The largest absolute Gasteiger partial charge is 0.417 e. The first-order chi connectivity index (χ1) is 15.1. The molecular weight excluding hydrogens is 437 g/mol. The van der Waals surface area contributed by atoms with Crippen molar-refractivity contribution in [1.29, 1.82) is 0 Å². The van der Waals surface area contributed by atoms with Crippen molar-refractivity contribution in [3.63, 3.8) is 0 Å². The zero-order valence-electron chi connectivity index (χ0n) is 17.5. The molecule has 0 fully saturated rings. The number of rotatable bonds is 6. The summed E-state index contributed by atoms with van der Waals surface area (Å²) in [6.45, 7) is 1.68. The van der Waals surface area contributed by atoms with Gasteiger partial charge in [-0.3, -0.25) is 0 Å². The van der Waals surface area contributed by atoms with E-state index in [1.54, 1.807) is 73.9 Å². The van der Waals surface area contributed by atoms with Crippen molar-refractivity contribution >= 4 is 22.5 Å². The molecule has 0 spiro atoms. The van der Waals surface area contributed by atoms with Crippen molar-refractivity contribution < 1.29 is 18.3 Å². The Bertz CT molecular complexity index is 1150. The summed E-state index contributed by atoms with van der Waals surface area (Å²) >= 11 is 5.92. The highest BCUT2D eigenvalue weighted by molar-refractivity contribution is 6.30. The highest BCUT2D eigenvalue weighted by Gasteiger charge is 2.57. The van der Waals surface area contributed by atoms with Crippen LogP contribution in [0.25, 0.3) is 10.9 Å². The minimum absolute atomic E-state index is 0.484. The molecule has 7 heteroatoms. The van der Waals surface area contributed by atoms with Crippen molar-refractivity contribution in [1.82, 2.24) is 10.3 Å². The third kappa shape index (κ3) is 4.17. The smallest absolute Gasteiger partial charge is 0.380 e. The summed E-state index contributed by atoms with van der Waals surface area (Å²) in [4.78, 5) is 3.10. The summed E-state index contributed by atoms with van der Waals surface area (Å²) in [6.07, 6.45) is 2.60. The number of hydrogen-bond acceptors (Lipinski definition) is 2. The first kappa shape index (κ1) is 22.5. The van der Waals surface area contributed by atoms with Gasteiger partial charge in [-0.25, -0.2) is 0 Å². The van der Waals surface area contributed by atoms with Crippen LogP contribution >= 0.6 is 11.6 Å². The van der Waals surface area contributed by atoms with Crippen LogP contribution in [-0.4, -0.2) is 21.9 Å². The number of aliphatic hydroxyl groups is 1. The zero-order chi connectivity index (χ0) is 23.0. The maximum Gasteiger partial charge on any atom is 0.417 e. The second-order valence-electron chi connectivity index (χ2n) is 8.44. The Morgan fingerprint density at radius 1 is 1.06 bits per heavy atom. The Morgan fingerprint density at radius 2 is 1.81 bits per heavy atom.